The van der Waals surface area contributed by atoms with E-state index < -0.39 is 35.6 Å². The van der Waals surface area contributed by atoms with Gasteiger partial charge in [-0.15, -0.1) is 0 Å². The molecule has 0 radical (unpaired) electrons. The minimum Gasteiger partial charge on any atom is -0.347 e. The van der Waals surface area contributed by atoms with Crippen molar-refractivity contribution in [1.29, 1.82) is 0 Å². The lowest BCUT2D eigenvalue weighted by Crippen LogP contribution is -2.56. The summed E-state index contributed by atoms with van der Waals surface area (Å²) in [5.41, 5.74) is 1.62. The van der Waals surface area contributed by atoms with Crippen molar-refractivity contribution in [1.82, 2.24) is 20.9 Å². The summed E-state index contributed by atoms with van der Waals surface area (Å²) < 4.78 is 0. The third-order valence-electron chi connectivity index (χ3n) is 6.87. The minimum absolute atomic E-state index is 0.0308. The van der Waals surface area contributed by atoms with E-state index in [4.69, 9.17) is 0 Å². The van der Waals surface area contributed by atoms with Gasteiger partial charge >= 0.3 is 0 Å². The monoisotopic (exact) mass is 534 g/mol. The van der Waals surface area contributed by atoms with E-state index in [9.17, 15) is 24.0 Å². The van der Waals surface area contributed by atoms with Crippen LogP contribution in [0.25, 0.3) is 0 Å². The predicted molar refractivity (Wildman–Crippen MR) is 147 cm³/mol. The van der Waals surface area contributed by atoms with Crippen LogP contribution in [0.4, 0.5) is 0 Å². The van der Waals surface area contributed by atoms with Crippen molar-refractivity contribution >= 4 is 29.4 Å². The zero-order valence-corrected chi connectivity index (χ0v) is 22.7. The summed E-state index contributed by atoms with van der Waals surface area (Å²) in [6, 6.07) is 16.4. The number of carbonyl (C=O) groups is 5. The molecule has 1 saturated carbocycles. The van der Waals surface area contributed by atoms with Gasteiger partial charge in [0.2, 0.25) is 23.5 Å². The van der Waals surface area contributed by atoms with Crippen molar-refractivity contribution in [3.8, 4) is 0 Å². The zero-order valence-electron chi connectivity index (χ0n) is 22.7. The first kappa shape index (κ1) is 29.5. The van der Waals surface area contributed by atoms with Gasteiger partial charge in [-0.25, -0.2) is 0 Å². The van der Waals surface area contributed by atoms with E-state index in [0.717, 1.165) is 43.2 Å². The van der Waals surface area contributed by atoms with Crippen molar-refractivity contribution < 1.29 is 24.0 Å². The molecule has 3 rings (SSSR count). The van der Waals surface area contributed by atoms with Gasteiger partial charge in [0.05, 0.1) is 12.6 Å². The van der Waals surface area contributed by atoms with Crippen molar-refractivity contribution in [3.63, 3.8) is 0 Å². The van der Waals surface area contributed by atoms with Crippen LogP contribution in [0.3, 0.4) is 0 Å². The number of benzene rings is 2. The van der Waals surface area contributed by atoms with E-state index >= 15 is 0 Å². The minimum atomic E-state index is -1.08. The fourth-order valence-corrected chi connectivity index (χ4v) is 4.71. The van der Waals surface area contributed by atoms with Crippen LogP contribution in [0.2, 0.25) is 0 Å². The Balaban J connectivity index is 1.81. The number of rotatable bonds is 12. The van der Waals surface area contributed by atoms with Crippen molar-refractivity contribution in [3.05, 3.63) is 71.8 Å². The lowest BCUT2D eigenvalue weighted by atomic mass is 9.95. The molecule has 0 bridgehead atoms. The highest BCUT2D eigenvalue weighted by Crippen LogP contribution is 2.18. The summed E-state index contributed by atoms with van der Waals surface area (Å²) in [6.07, 6.45) is 5.00. The molecule has 1 aliphatic carbocycles. The summed E-state index contributed by atoms with van der Waals surface area (Å²) in [5.74, 6) is -2.81. The van der Waals surface area contributed by atoms with Crippen LogP contribution in [0.15, 0.2) is 60.7 Å². The molecule has 3 N–H and O–H groups in total. The van der Waals surface area contributed by atoms with Gasteiger partial charge in [0.15, 0.2) is 0 Å². The second kappa shape index (κ2) is 14.8. The van der Waals surface area contributed by atoms with Crippen molar-refractivity contribution in [2.24, 2.45) is 0 Å². The van der Waals surface area contributed by atoms with E-state index in [0.29, 0.717) is 0 Å². The van der Waals surface area contributed by atoms with Gasteiger partial charge in [0.25, 0.3) is 5.91 Å². The average Bonchev–Trinajstić information content (AvgIpc) is 2.94. The molecule has 0 heterocycles. The topological polar surface area (TPSA) is 125 Å². The number of carbonyl (C=O) groups excluding carboxylic acids is 5. The Labute approximate surface area is 229 Å². The molecule has 0 aromatic heterocycles. The predicted octanol–water partition coefficient (Wildman–Crippen LogP) is 2.29. The lowest BCUT2D eigenvalue weighted by Gasteiger charge is -2.32. The largest absolute Gasteiger partial charge is 0.347 e. The van der Waals surface area contributed by atoms with Crippen LogP contribution in [0, 0.1) is 0 Å². The fraction of sp³-hybridized carbons (Fsp3) is 0.433. The van der Waals surface area contributed by atoms with Gasteiger partial charge in [-0.05, 0) is 30.9 Å². The van der Waals surface area contributed by atoms with Crippen LogP contribution in [-0.2, 0) is 36.9 Å². The Kier molecular flexibility index (Phi) is 11.2. The van der Waals surface area contributed by atoms with E-state index in [2.05, 4.69) is 16.0 Å². The quantitative estimate of drug-likeness (QED) is 0.361. The number of amides is 4. The normalized spacial score (nSPS) is 14.9. The third-order valence-corrected chi connectivity index (χ3v) is 6.87. The summed E-state index contributed by atoms with van der Waals surface area (Å²) >= 11 is 0. The lowest BCUT2D eigenvalue weighted by molar-refractivity contribution is -0.143. The van der Waals surface area contributed by atoms with Crippen LogP contribution in [-0.4, -0.2) is 59.0 Å². The van der Waals surface area contributed by atoms with E-state index in [1.54, 1.807) is 0 Å². The average molecular weight is 535 g/mol. The van der Waals surface area contributed by atoms with Gasteiger partial charge in [-0.2, -0.15) is 0 Å². The Hall–Kier alpha value is -4.01. The van der Waals surface area contributed by atoms with Crippen LogP contribution in [0.1, 0.15) is 57.1 Å². The van der Waals surface area contributed by atoms with Crippen LogP contribution < -0.4 is 16.0 Å². The highest BCUT2D eigenvalue weighted by molar-refractivity contribution is 6.38. The molecule has 2 aromatic rings. The standard InChI is InChI=1S/C30H38N4O5/c1-21(28(37)30(39)33-25-16-10-5-11-17-25)32-29(38)26(18-23-12-6-3-7-13-23)34(27(36)19-31-22(2)35)20-24-14-8-4-9-15-24/h3-4,6-9,12-15,21,25-26H,5,10-11,16-20H2,1-2H3,(H,31,35)(H,32,38)(H,33,39). The Morgan fingerprint density at radius 2 is 1.46 bits per heavy atom. The highest BCUT2D eigenvalue weighted by Gasteiger charge is 2.33. The number of hydrogen-bond acceptors (Lipinski definition) is 5. The molecule has 0 aliphatic heterocycles. The molecular formula is C30H38N4O5. The van der Waals surface area contributed by atoms with Crippen molar-refractivity contribution in [2.75, 3.05) is 6.54 Å². The van der Waals surface area contributed by atoms with Crippen LogP contribution >= 0.6 is 0 Å². The van der Waals surface area contributed by atoms with Crippen molar-refractivity contribution in [2.45, 2.75) is 77.0 Å². The molecule has 1 aliphatic rings. The molecule has 0 spiro atoms. The summed E-state index contributed by atoms with van der Waals surface area (Å²) in [7, 11) is 0. The highest BCUT2D eigenvalue weighted by atomic mass is 16.2. The number of nitrogens with zero attached hydrogens (tertiary/aromatic N) is 1. The maximum absolute atomic E-state index is 13.7. The summed E-state index contributed by atoms with van der Waals surface area (Å²) in [6.45, 7) is 2.63. The molecular weight excluding hydrogens is 496 g/mol. The van der Waals surface area contributed by atoms with Crippen LogP contribution in [0.5, 0.6) is 0 Å². The first-order valence-corrected chi connectivity index (χ1v) is 13.5. The maximum Gasteiger partial charge on any atom is 0.289 e. The first-order valence-electron chi connectivity index (χ1n) is 13.5. The fourth-order valence-electron chi connectivity index (χ4n) is 4.71. The molecule has 0 saturated heterocycles. The molecule has 208 valence electrons. The zero-order chi connectivity index (χ0) is 28.2. The molecule has 2 unspecified atom stereocenters. The smallest absolute Gasteiger partial charge is 0.289 e. The first-order chi connectivity index (χ1) is 18.7. The number of hydrogen-bond donors (Lipinski definition) is 3. The Morgan fingerprint density at radius 1 is 0.872 bits per heavy atom. The summed E-state index contributed by atoms with van der Waals surface area (Å²) in [5, 5.41) is 7.98. The third kappa shape index (κ3) is 9.35. The molecule has 2 aromatic carbocycles. The number of Topliss-reactive ketones (excluding diaryl/α,β-unsaturated/α-hetero) is 1. The Bertz CT molecular complexity index is 1130. The van der Waals surface area contributed by atoms with Gasteiger partial charge in [0, 0.05) is 25.9 Å². The van der Waals surface area contributed by atoms with E-state index in [1.165, 1.54) is 18.7 Å². The van der Waals surface area contributed by atoms with Gasteiger partial charge < -0.3 is 20.9 Å². The Morgan fingerprint density at radius 3 is 2.05 bits per heavy atom. The maximum atomic E-state index is 13.7. The SMILES string of the molecule is CC(=O)NCC(=O)N(Cc1ccccc1)C(Cc1ccccc1)C(=O)NC(C)C(=O)C(=O)NC1CCCCC1. The number of ketones is 1. The summed E-state index contributed by atoms with van der Waals surface area (Å²) in [4.78, 5) is 65.4. The van der Waals surface area contributed by atoms with Gasteiger partial charge in [0.1, 0.15) is 6.04 Å². The van der Waals surface area contributed by atoms with E-state index in [-0.39, 0.29) is 31.5 Å². The molecule has 39 heavy (non-hydrogen) atoms. The molecule has 9 heteroatoms. The van der Waals surface area contributed by atoms with Gasteiger partial charge in [-0.3, -0.25) is 24.0 Å². The molecule has 2 atom stereocenters. The second-order valence-corrected chi connectivity index (χ2v) is 10.0. The van der Waals surface area contributed by atoms with Gasteiger partial charge in [-0.1, -0.05) is 79.9 Å². The van der Waals surface area contributed by atoms with E-state index in [1.807, 2.05) is 60.7 Å². The molecule has 1 fully saturated rings. The second-order valence-electron chi connectivity index (χ2n) is 10.0. The molecule has 4 amide bonds. The number of nitrogens with one attached hydrogen (secondary N) is 3. The molecule has 9 nitrogen and oxygen atoms in total.